The van der Waals surface area contributed by atoms with Gasteiger partial charge in [0, 0.05) is 24.7 Å². The van der Waals surface area contributed by atoms with Crippen molar-refractivity contribution in [2.45, 2.75) is 45.1 Å². The number of pyridine rings is 1. The molecule has 1 saturated heterocycles. The summed E-state index contributed by atoms with van der Waals surface area (Å²) in [5.74, 6) is 0.830. The third-order valence-corrected chi connectivity index (χ3v) is 4.60. The van der Waals surface area contributed by atoms with Gasteiger partial charge in [0.2, 0.25) is 5.91 Å². The maximum atomic E-state index is 12.3. The number of carbonyl (C=O) groups is 1. The summed E-state index contributed by atoms with van der Waals surface area (Å²) in [7, 11) is 0. The van der Waals surface area contributed by atoms with Gasteiger partial charge in [-0.1, -0.05) is 0 Å². The van der Waals surface area contributed by atoms with E-state index in [1.165, 1.54) is 18.4 Å². The van der Waals surface area contributed by atoms with Crippen LogP contribution in [-0.4, -0.2) is 38.7 Å². The summed E-state index contributed by atoms with van der Waals surface area (Å²) in [6, 6.07) is 2.11. The molecule has 1 saturated carbocycles. The van der Waals surface area contributed by atoms with E-state index in [0.29, 0.717) is 12.5 Å². The molecule has 0 unspecified atom stereocenters. The molecule has 110 valence electrons. The molecule has 2 aromatic rings. The molecule has 0 radical (unpaired) electrons. The lowest BCUT2D eigenvalue weighted by Gasteiger charge is -2.15. The lowest BCUT2D eigenvalue weighted by Crippen LogP contribution is -2.31. The van der Waals surface area contributed by atoms with Crippen LogP contribution >= 0.6 is 0 Å². The standard InChI is InChI=1S/C16H20N4O/c1-11-15-13(12-4-5-12)6-7-17-16(15)20(18-11)10-14(21)19-8-2-3-9-19/h6-7,12H,2-5,8-10H2,1H3. The molecule has 21 heavy (non-hydrogen) atoms. The molecular weight excluding hydrogens is 264 g/mol. The van der Waals surface area contributed by atoms with Gasteiger partial charge in [-0.25, -0.2) is 9.67 Å². The van der Waals surface area contributed by atoms with Gasteiger partial charge in [0.05, 0.1) is 5.69 Å². The molecule has 2 aromatic heterocycles. The molecule has 1 aliphatic heterocycles. The Labute approximate surface area is 123 Å². The molecule has 0 atom stereocenters. The van der Waals surface area contributed by atoms with Crippen LogP contribution in [-0.2, 0) is 11.3 Å². The normalized spacial score (nSPS) is 18.6. The summed E-state index contributed by atoms with van der Waals surface area (Å²) in [4.78, 5) is 18.8. The monoisotopic (exact) mass is 284 g/mol. The summed E-state index contributed by atoms with van der Waals surface area (Å²) in [5.41, 5.74) is 3.22. The average molecular weight is 284 g/mol. The van der Waals surface area contributed by atoms with Gasteiger partial charge < -0.3 is 4.90 Å². The molecule has 1 amide bonds. The Morgan fingerprint density at radius 3 is 2.81 bits per heavy atom. The van der Waals surface area contributed by atoms with Crippen molar-refractivity contribution in [3.8, 4) is 0 Å². The third kappa shape index (κ3) is 2.20. The Morgan fingerprint density at radius 2 is 2.10 bits per heavy atom. The molecule has 5 nitrogen and oxygen atoms in total. The first-order chi connectivity index (χ1) is 10.2. The van der Waals surface area contributed by atoms with E-state index in [9.17, 15) is 4.79 Å². The number of hydrogen-bond acceptors (Lipinski definition) is 3. The Bertz CT molecular complexity index is 696. The minimum atomic E-state index is 0.163. The van der Waals surface area contributed by atoms with Crippen LogP contribution in [0.5, 0.6) is 0 Å². The molecule has 1 aliphatic carbocycles. The maximum Gasteiger partial charge on any atom is 0.244 e. The molecule has 4 rings (SSSR count). The van der Waals surface area contributed by atoms with E-state index in [2.05, 4.69) is 16.1 Å². The summed E-state index contributed by atoms with van der Waals surface area (Å²) < 4.78 is 1.79. The highest BCUT2D eigenvalue weighted by Crippen LogP contribution is 2.43. The van der Waals surface area contributed by atoms with Crippen LogP contribution in [0.25, 0.3) is 11.0 Å². The maximum absolute atomic E-state index is 12.3. The number of likely N-dealkylation sites (tertiary alicyclic amines) is 1. The predicted octanol–water partition coefficient (Wildman–Crippen LogP) is 2.24. The summed E-state index contributed by atoms with van der Waals surface area (Å²) in [5, 5.41) is 5.74. The first-order valence-corrected chi connectivity index (χ1v) is 7.84. The quantitative estimate of drug-likeness (QED) is 0.868. The third-order valence-electron chi connectivity index (χ3n) is 4.60. The highest BCUT2D eigenvalue weighted by molar-refractivity contribution is 5.85. The van der Waals surface area contributed by atoms with Crippen LogP contribution in [0.2, 0.25) is 0 Å². The first-order valence-electron chi connectivity index (χ1n) is 7.84. The Hall–Kier alpha value is -1.91. The van der Waals surface area contributed by atoms with Crippen molar-refractivity contribution >= 4 is 16.9 Å². The van der Waals surface area contributed by atoms with Crippen molar-refractivity contribution < 1.29 is 4.79 Å². The highest BCUT2D eigenvalue weighted by atomic mass is 16.2. The van der Waals surface area contributed by atoms with Crippen LogP contribution in [0, 0.1) is 6.92 Å². The number of rotatable bonds is 3. The van der Waals surface area contributed by atoms with E-state index in [-0.39, 0.29) is 5.91 Å². The molecule has 0 N–H and O–H groups in total. The number of nitrogens with zero attached hydrogens (tertiary/aromatic N) is 4. The van der Waals surface area contributed by atoms with Crippen molar-refractivity contribution in [2.24, 2.45) is 0 Å². The van der Waals surface area contributed by atoms with E-state index >= 15 is 0 Å². The predicted molar refractivity (Wildman–Crippen MR) is 80.1 cm³/mol. The number of fused-ring (bicyclic) bond motifs is 1. The van der Waals surface area contributed by atoms with Gasteiger partial charge in [-0.2, -0.15) is 5.10 Å². The van der Waals surface area contributed by atoms with Gasteiger partial charge in [0.25, 0.3) is 0 Å². The number of hydrogen-bond donors (Lipinski definition) is 0. The lowest BCUT2D eigenvalue weighted by molar-refractivity contribution is -0.130. The smallest absolute Gasteiger partial charge is 0.244 e. The highest BCUT2D eigenvalue weighted by Gasteiger charge is 2.28. The first kappa shape index (κ1) is 12.8. The largest absolute Gasteiger partial charge is 0.341 e. The van der Waals surface area contributed by atoms with E-state index in [0.717, 1.165) is 42.7 Å². The van der Waals surface area contributed by atoms with Crippen LogP contribution in [0.15, 0.2) is 12.3 Å². The fourth-order valence-electron chi connectivity index (χ4n) is 3.35. The Morgan fingerprint density at radius 1 is 1.33 bits per heavy atom. The van der Waals surface area contributed by atoms with Crippen LogP contribution in [0.3, 0.4) is 0 Å². The Kier molecular flexibility index (Phi) is 2.94. The Balaban J connectivity index is 1.69. The van der Waals surface area contributed by atoms with E-state index in [1.807, 2.05) is 18.0 Å². The minimum Gasteiger partial charge on any atom is -0.341 e. The molecule has 0 bridgehead atoms. The molecule has 5 heteroatoms. The van der Waals surface area contributed by atoms with Crippen LogP contribution < -0.4 is 0 Å². The van der Waals surface area contributed by atoms with Crippen molar-refractivity contribution in [3.05, 3.63) is 23.5 Å². The van der Waals surface area contributed by atoms with Crippen LogP contribution in [0.4, 0.5) is 0 Å². The molecule has 2 aliphatic rings. The number of aryl methyl sites for hydroxylation is 1. The molecule has 0 spiro atoms. The second kappa shape index (κ2) is 4.83. The van der Waals surface area contributed by atoms with E-state index in [1.54, 1.807) is 4.68 Å². The zero-order chi connectivity index (χ0) is 14.4. The van der Waals surface area contributed by atoms with Gasteiger partial charge in [-0.05, 0) is 50.2 Å². The van der Waals surface area contributed by atoms with Gasteiger partial charge in [-0.15, -0.1) is 0 Å². The van der Waals surface area contributed by atoms with E-state index < -0.39 is 0 Å². The molecule has 3 heterocycles. The van der Waals surface area contributed by atoms with Gasteiger partial charge in [-0.3, -0.25) is 4.79 Å². The average Bonchev–Trinajstić information content (AvgIpc) is 3.09. The second-order valence-electron chi connectivity index (χ2n) is 6.20. The summed E-state index contributed by atoms with van der Waals surface area (Å²) >= 11 is 0. The topological polar surface area (TPSA) is 51.0 Å². The van der Waals surface area contributed by atoms with Crippen LogP contribution in [0.1, 0.15) is 42.9 Å². The number of carbonyl (C=O) groups excluding carboxylic acids is 1. The van der Waals surface area contributed by atoms with Crippen molar-refractivity contribution in [1.29, 1.82) is 0 Å². The van der Waals surface area contributed by atoms with Gasteiger partial charge in [0.15, 0.2) is 5.65 Å². The molecule has 0 aromatic carbocycles. The number of aromatic nitrogens is 3. The van der Waals surface area contributed by atoms with Gasteiger partial charge in [0.1, 0.15) is 6.54 Å². The van der Waals surface area contributed by atoms with Crippen molar-refractivity contribution in [2.75, 3.05) is 13.1 Å². The van der Waals surface area contributed by atoms with Gasteiger partial charge >= 0.3 is 0 Å². The zero-order valence-corrected chi connectivity index (χ0v) is 12.4. The summed E-state index contributed by atoms with van der Waals surface area (Å²) in [6.07, 6.45) is 6.62. The van der Waals surface area contributed by atoms with Crippen molar-refractivity contribution in [1.82, 2.24) is 19.7 Å². The zero-order valence-electron chi connectivity index (χ0n) is 12.4. The minimum absolute atomic E-state index is 0.163. The summed E-state index contributed by atoms with van der Waals surface area (Å²) in [6.45, 7) is 4.10. The van der Waals surface area contributed by atoms with Crippen molar-refractivity contribution in [3.63, 3.8) is 0 Å². The fraction of sp³-hybridized carbons (Fsp3) is 0.562. The SMILES string of the molecule is Cc1nn(CC(=O)N2CCCC2)c2nccc(C3CC3)c12. The second-order valence-corrected chi connectivity index (χ2v) is 6.20. The molecule has 2 fully saturated rings. The number of amides is 1. The van der Waals surface area contributed by atoms with E-state index in [4.69, 9.17) is 0 Å². The fourth-order valence-corrected chi connectivity index (χ4v) is 3.35. The lowest BCUT2D eigenvalue weighted by atomic mass is 10.1. The molecular formula is C16H20N4O.